The van der Waals surface area contributed by atoms with Crippen molar-refractivity contribution in [3.8, 4) is 5.75 Å². The Morgan fingerprint density at radius 3 is 2.80 bits per heavy atom. The average molecular weight is 274 g/mol. The van der Waals surface area contributed by atoms with E-state index in [-0.39, 0.29) is 0 Å². The van der Waals surface area contributed by atoms with Gasteiger partial charge in [0.25, 0.3) is 0 Å². The molecule has 2 aliphatic carbocycles. The van der Waals surface area contributed by atoms with Gasteiger partial charge in [0.1, 0.15) is 11.9 Å². The van der Waals surface area contributed by atoms with Crippen molar-refractivity contribution in [2.24, 2.45) is 5.92 Å². The SMILES string of the molecule is Cc1cc(OC2CCCCC2C)c(CNC2CC2)cn1. The number of rotatable bonds is 5. The maximum Gasteiger partial charge on any atom is 0.127 e. The number of pyridine rings is 1. The van der Waals surface area contributed by atoms with E-state index in [2.05, 4.69) is 23.3 Å². The molecule has 2 unspecified atom stereocenters. The molecule has 0 aliphatic heterocycles. The van der Waals surface area contributed by atoms with Crippen LogP contribution in [0.3, 0.4) is 0 Å². The van der Waals surface area contributed by atoms with Crippen LogP contribution in [0, 0.1) is 12.8 Å². The Morgan fingerprint density at radius 1 is 1.25 bits per heavy atom. The van der Waals surface area contributed by atoms with E-state index in [1.807, 2.05) is 13.1 Å². The Kier molecular flexibility index (Phi) is 4.25. The largest absolute Gasteiger partial charge is 0.490 e. The first-order chi connectivity index (χ1) is 9.72. The molecule has 2 atom stereocenters. The summed E-state index contributed by atoms with van der Waals surface area (Å²) < 4.78 is 6.35. The average Bonchev–Trinajstić information content (AvgIpc) is 3.25. The molecule has 0 radical (unpaired) electrons. The Bertz CT molecular complexity index is 456. The number of nitrogens with zero attached hydrogens (tertiary/aromatic N) is 1. The zero-order chi connectivity index (χ0) is 13.9. The van der Waals surface area contributed by atoms with Crippen LogP contribution in [0.4, 0.5) is 0 Å². The second-order valence-corrected chi connectivity index (χ2v) is 6.51. The van der Waals surface area contributed by atoms with Crippen molar-refractivity contribution in [1.82, 2.24) is 10.3 Å². The van der Waals surface area contributed by atoms with Gasteiger partial charge in [-0.3, -0.25) is 4.98 Å². The van der Waals surface area contributed by atoms with Gasteiger partial charge >= 0.3 is 0 Å². The Hall–Kier alpha value is -1.09. The van der Waals surface area contributed by atoms with Crippen molar-refractivity contribution in [1.29, 1.82) is 0 Å². The van der Waals surface area contributed by atoms with Gasteiger partial charge in [-0.15, -0.1) is 0 Å². The summed E-state index contributed by atoms with van der Waals surface area (Å²) in [7, 11) is 0. The van der Waals surface area contributed by atoms with E-state index in [1.54, 1.807) is 0 Å². The first-order valence-electron chi connectivity index (χ1n) is 8.08. The van der Waals surface area contributed by atoms with E-state index in [0.29, 0.717) is 12.0 Å². The molecule has 3 nitrogen and oxygen atoms in total. The second kappa shape index (κ2) is 6.13. The maximum atomic E-state index is 6.35. The molecule has 2 aliphatic rings. The third-order valence-corrected chi connectivity index (χ3v) is 4.55. The topological polar surface area (TPSA) is 34.1 Å². The maximum absolute atomic E-state index is 6.35. The zero-order valence-electron chi connectivity index (χ0n) is 12.7. The fourth-order valence-corrected chi connectivity index (χ4v) is 2.97. The molecular formula is C17H26N2O. The van der Waals surface area contributed by atoms with E-state index in [9.17, 15) is 0 Å². The number of aromatic nitrogens is 1. The van der Waals surface area contributed by atoms with Crippen LogP contribution in [0.5, 0.6) is 5.75 Å². The van der Waals surface area contributed by atoms with Crippen LogP contribution in [0.1, 0.15) is 56.7 Å². The van der Waals surface area contributed by atoms with Gasteiger partial charge in [0.2, 0.25) is 0 Å². The van der Waals surface area contributed by atoms with Crippen molar-refractivity contribution >= 4 is 0 Å². The predicted molar refractivity (Wildman–Crippen MR) is 80.9 cm³/mol. The molecule has 3 rings (SSSR count). The molecule has 0 amide bonds. The Morgan fingerprint density at radius 2 is 2.05 bits per heavy atom. The lowest BCUT2D eigenvalue weighted by Gasteiger charge is -2.30. The van der Waals surface area contributed by atoms with Gasteiger partial charge in [0.15, 0.2) is 0 Å². The summed E-state index contributed by atoms with van der Waals surface area (Å²) in [5.74, 6) is 1.71. The minimum atomic E-state index is 0.380. The Labute approximate surface area is 122 Å². The smallest absolute Gasteiger partial charge is 0.127 e. The van der Waals surface area contributed by atoms with Crippen LogP contribution in [-0.2, 0) is 6.54 Å². The summed E-state index contributed by atoms with van der Waals surface area (Å²) in [6, 6.07) is 2.82. The lowest BCUT2D eigenvalue weighted by Crippen LogP contribution is -2.29. The van der Waals surface area contributed by atoms with Crippen molar-refractivity contribution in [2.45, 2.75) is 71.1 Å². The number of ether oxygens (including phenoxy) is 1. The van der Waals surface area contributed by atoms with Crippen LogP contribution in [-0.4, -0.2) is 17.1 Å². The lowest BCUT2D eigenvalue weighted by atomic mass is 9.88. The molecule has 20 heavy (non-hydrogen) atoms. The molecule has 0 bridgehead atoms. The quantitative estimate of drug-likeness (QED) is 0.891. The van der Waals surface area contributed by atoms with E-state index in [0.717, 1.165) is 24.0 Å². The van der Waals surface area contributed by atoms with Gasteiger partial charge in [-0.25, -0.2) is 0 Å². The normalized spacial score (nSPS) is 26.5. The lowest BCUT2D eigenvalue weighted by molar-refractivity contribution is 0.101. The summed E-state index contributed by atoms with van der Waals surface area (Å²) >= 11 is 0. The molecular weight excluding hydrogens is 248 g/mol. The van der Waals surface area contributed by atoms with Gasteiger partial charge < -0.3 is 10.1 Å². The standard InChI is InChI=1S/C17H26N2O/c1-12-5-3-4-6-16(12)20-17-9-13(2)18-10-14(17)11-19-15-7-8-15/h9-10,12,15-16,19H,3-8,11H2,1-2H3. The van der Waals surface area contributed by atoms with E-state index in [1.165, 1.54) is 44.1 Å². The molecule has 2 saturated carbocycles. The van der Waals surface area contributed by atoms with Gasteiger partial charge in [0, 0.05) is 36.1 Å². The van der Waals surface area contributed by atoms with Crippen LogP contribution < -0.4 is 10.1 Å². The number of aryl methyl sites for hydroxylation is 1. The summed E-state index contributed by atoms with van der Waals surface area (Å²) in [5.41, 5.74) is 2.25. The zero-order valence-corrected chi connectivity index (χ0v) is 12.7. The van der Waals surface area contributed by atoms with Crippen molar-refractivity contribution < 1.29 is 4.74 Å². The fourth-order valence-electron chi connectivity index (χ4n) is 2.97. The van der Waals surface area contributed by atoms with Crippen LogP contribution >= 0.6 is 0 Å². The first kappa shape index (κ1) is 13.9. The second-order valence-electron chi connectivity index (χ2n) is 6.51. The highest BCUT2D eigenvalue weighted by Gasteiger charge is 2.25. The molecule has 110 valence electrons. The van der Waals surface area contributed by atoms with E-state index in [4.69, 9.17) is 4.74 Å². The minimum absolute atomic E-state index is 0.380. The highest BCUT2D eigenvalue weighted by atomic mass is 16.5. The summed E-state index contributed by atoms with van der Waals surface area (Å²) in [6.45, 7) is 5.24. The number of hydrogen-bond donors (Lipinski definition) is 1. The van der Waals surface area contributed by atoms with Gasteiger partial charge in [0.05, 0.1) is 0 Å². The van der Waals surface area contributed by atoms with Crippen LogP contribution in [0.2, 0.25) is 0 Å². The van der Waals surface area contributed by atoms with E-state index >= 15 is 0 Å². The predicted octanol–water partition coefficient (Wildman–Crippen LogP) is 3.60. The van der Waals surface area contributed by atoms with Crippen LogP contribution in [0.15, 0.2) is 12.3 Å². The molecule has 1 N–H and O–H groups in total. The molecule has 0 saturated heterocycles. The molecule has 0 spiro atoms. The summed E-state index contributed by atoms with van der Waals surface area (Å²) in [5, 5.41) is 3.56. The molecule has 1 aromatic heterocycles. The highest BCUT2D eigenvalue weighted by molar-refractivity contribution is 5.33. The summed E-state index contributed by atoms with van der Waals surface area (Å²) in [6.07, 6.45) is 10.1. The fraction of sp³-hybridized carbons (Fsp3) is 0.706. The molecule has 2 fully saturated rings. The van der Waals surface area contributed by atoms with Crippen molar-refractivity contribution in [3.05, 3.63) is 23.5 Å². The van der Waals surface area contributed by atoms with Crippen molar-refractivity contribution in [2.75, 3.05) is 0 Å². The summed E-state index contributed by atoms with van der Waals surface area (Å²) in [4.78, 5) is 4.43. The van der Waals surface area contributed by atoms with Gasteiger partial charge in [-0.1, -0.05) is 13.3 Å². The van der Waals surface area contributed by atoms with Gasteiger partial charge in [-0.2, -0.15) is 0 Å². The van der Waals surface area contributed by atoms with Crippen molar-refractivity contribution in [3.63, 3.8) is 0 Å². The molecule has 3 heteroatoms. The number of hydrogen-bond acceptors (Lipinski definition) is 3. The third-order valence-electron chi connectivity index (χ3n) is 4.55. The number of nitrogens with one attached hydrogen (secondary N) is 1. The minimum Gasteiger partial charge on any atom is -0.490 e. The van der Waals surface area contributed by atoms with Crippen LogP contribution in [0.25, 0.3) is 0 Å². The first-order valence-corrected chi connectivity index (χ1v) is 8.08. The highest BCUT2D eigenvalue weighted by Crippen LogP contribution is 2.30. The molecule has 0 aromatic carbocycles. The Balaban J connectivity index is 1.70. The molecule has 1 aromatic rings. The third kappa shape index (κ3) is 3.51. The van der Waals surface area contributed by atoms with E-state index < -0.39 is 0 Å². The van der Waals surface area contributed by atoms with Gasteiger partial charge in [-0.05, 0) is 44.9 Å². The molecule has 1 heterocycles. The monoisotopic (exact) mass is 274 g/mol.